The lowest BCUT2D eigenvalue weighted by Crippen LogP contribution is -2.32. The van der Waals surface area contributed by atoms with Gasteiger partial charge in [-0.2, -0.15) is 0 Å². The Kier molecular flexibility index (Phi) is 7.71. The first-order chi connectivity index (χ1) is 13.0. The van der Waals surface area contributed by atoms with Crippen LogP contribution in [0.5, 0.6) is 0 Å². The van der Waals surface area contributed by atoms with Gasteiger partial charge in [0.1, 0.15) is 6.33 Å². The SMILES string of the molecule is COCCN(CCOC)c1ncnc(Nc2cc(Cl)ccc2C)c1[N+](=O)[O-]. The van der Waals surface area contributed by atoms with Crippen LogP contribution in [0.2, 0.25) is 5.02 Å². The molecule has 1 heterocycles. The van der Waals surface area contributed by atoms with Crippen LogP contribution in [-0.2, 0) is 9.47 Å². The Hall–Kier alpha value is -2.49. The summed E-state index contributed by atoms with van der Waals surface area (Å²) in [6.45, 7) is 3.50. The number of nitrogens with one attached hydrogen (secondary N) is 1. The number of anilines is 3. The van der Waals surface area contributed by atoms with Crippen LogP contribution in [0.1, 0.15) is 5.56 Å². The van der Waals surface area contributed by atoms with E-state index in [1.165, 1.54) is 6.33 Å². The molecule has 27 heavy (non-hydrogen) atoms. The second-order valence-electron chi connectivity index (χ2n) is 5.71. The first-order valence-corrected chi connectivity index (χ1v) is 8.61. The normalized spacial score (nSPS) is 10.7. The molecule has 10 heteroatoms. The molecule has 0 radical (unpaired) electrons. The largest absolute Gasteiger partial charge is 0.383 e. The van der Waals surface area contributed by atoms with Crippen molar-refractivity contribution in [2.24, 2.45) is 0 Å². The monoisotopic (exact) mass is 395 g/mol. The number of rotatable bonds is 10. The van der Waals surface area contributed by atoms with Gasteiger partial charge in [0.15, 0.2) is 0 Å². The highest BCUT2D eigenvalue weighted by Crippen LogP contribution is 2.34. The average molecular weight is 396 g/mol. The fourth-order valence-corrected chi connectivity index (χ4v) is 2.62. The summed E-state index contributed by atoms with van der Waals surface area (Å²) >= 11 is 6.04. The molecule has 0 aliphatic carbocycles. The van der Waals surface area contributed by atoms with Gasteiger partial charge in [0.2, 0.25) is 11.6 Å². The minimum Gasteiger partial charge on any atom is -0.383 e. The zero-order valence-corrected chi connectivity index (χ0v) is 16.2. The molecule has 0 aliphatic heterocycles. The van der Waals surface area contributed by atoms with Gasteiger partial charge in [0, 0.05) is 38.0 Å². The van der Waals surface area contributed by atoms with E-state index >= 15 is 0 Å². The summed E-state index contributed by atoms with van der Waals surface area (Å²) in [5.74, 6) is 0.293. The number of methoxy groups -OCH3 is 2. The summed E-state index contributed by atoms with van der Waals surface area (Å²) < 4.78 is 10.2. The van der Waals surface area contributed by atoms with Gasteiger partial charge in [-0.1, -0.05) is 17.7 Å². The predicted octanol–water partition coefficient (Wildman–Crippen LogP) is 3.19. The summed E-state index contributed by atoms with van der Waals surface area (Å²) in [6.07, 6.45) is 1.29. The second kappa shape index (κ2) is 10.0. The Morgan fingerprint density at radius 2 is 1.89 bits per heavy atom. The summed E-state index contributed by atoms with van der Waals surface area (Å²) in [5.41, 5.74) is 1.30. The van der Waals surface area contributed by atoms with Gasteiger partial charge in [-0.25, -0.2) is 9.97 Å². The van der Waals surface area contributed by atoms with E-state index in [1.807, 2.05) is 13.0 Å². The first-order valence-electron chi connectivity index (χ1n) is 8.23. The third-order valence-electron chi connectivity index (χ3n) is 3.87. The number of hydrogen-bond acceptors (Lipinski definition) is 8. The van der Waals surface area contributed by atoms with Crippen molar-refractivity contribution in [2.45, 2.75) is 6.92 Å². The number of nitro groups is 1. The minimum absolute atomic E-state index is 0.0928. The molecule has 0 aliphatic rings. The molecule has 0 atom stereocenters. The molecule has 0 bridgehead atoms. The van der Waals surface area contributed by atoms with E-state index in [9.17, 15) is 10.1 Å². The van der Waals surface area contributed by atoms with E-state index in [4.69, 9.17) is 21.1 Å². The van der Waals surface area contributed by atoms with Crippen molar-refractivity contribution < 1.29 is 14.4 Å². The average Bonchev–Trinajstić information content (AvgIpc) is 2.64. The molecular weight excluding hydrogens is 374 g/mol. The van der Waals surface area contributed by atoms with Gasteiger partial charge in [-0.15, -0.1) is 0 Å². The van der Waals surface area contributed by atoms with Crippen LogP contribution in [0.4, 0.5) is 23.0 Å². The molecule has 1 N–H and O–H groups in total. The summed E-state index contributed by atoms with van der Waals surface area (Å²) in [6, 6.07) is 5.26. The maximum atomic E-state index is 11.8. The van der Waals surface area contributed by atoms with Crippen LogP contribution in [0.25, 0.3) is 0 Å². The van der Waals surface area contributed by atoms with Crippen LogP contribution in [0.3, 0.4) is 0 Å². The van der Waals surface area contributed by atoms with Crippen LogP contribution in [-0.4, -0.2) is 55.4 Å². The van der Waals surface area contributed by atoms with E-state index < -0.39 is 4.92 Å². The van der Waals surface area contributed by atoms with Crippen molar-refractivity contribution in [1.82, 2.24) is 9.97 Å². The third kappa shape index (κ3) is 5.49. The van der Waals surface area contributed by atoms with Crippen molar-refractivity contribution in [3.05, 3.63) is 45.2 Å². The molecule has 2 aromatic rings. The van der Waals surface area contributed by atoms with Crippen molar-refractivity contribution in [2.75, 3.05) is 50.7 Å². The Bertz CT molecular complexity index is 782. The molecule has 0 fully saturated rings. The van der Waals surface area contributed by atoms with E-state index in [1.54, 1.807) is 31.3 Å². The quantitative estimate of drug-likeness (QED) is 0.483. The van der Waals surface area contributed by atoms with Crippen LogP contribution >= 0.6 is 11.6 Å². The Morgan fingerprint density at radius 3 is 2.48 bits per heavy atom. The van der Waals surface area contributed by atoms with Gasteiger partial charge in [-0.05, 0) is 24.6 Å². The van der Waals surface area contributed by atoms with E-state index in [0.717, 1.165) is 5.56 Å². The Morgan fingerprint density at radius 1 is 1.22 bits per heavy atom. The van der Waals surface area contributed by atoms with Gasteiger partial charge in [0.05, 0.1) is 18.1 Å². The van der Waals surface area contributed by atoms with E-state index in [2.05, 4.69) is 15.3 Å². The number of hydrogen-bond donors (Lipinski definition) is 1. The maximum absolute atomic E-state index is 11.8. The molecule has 146 valence electrons. The lowest BCUT2D eigenvalue weighted by Gasteiger charge is -2.23. The highest BCUT2D eigenvalue weighted by Gasteiger charge is 2.27. The van der Waals surface area contributed by atoms with E-state index in [-0.39, 0.29) is 17.3 Å². The maximum Gasteiger partial charge on any atom is 0.353 e. The van der Waals surface area contributed by atoms with Crippen molar-refractivity contribution in [3.8, 4) is 0 Å². The Balaban J connectivity index is 2.45. The number of halogens is 1. The highest BCUT2D eigenvalue weighted by atomic mass is 35.5. The number of ether oxygens (including phenoxy) is 2. The zero-order valence-electron chi connectivity index (χ0n) is 15.4. The van der Waals surface area contributed by atoms with Crippen LogP contribution < -0.4 is 10.2 Å². The fraction of sp³-hybridized carbons (Fsp3) is 0.412. The molecule has 9 nitrogen and oxygen atoms in total. The minimum atomic E-state index is -0.496. The second-order valence-corrected chi connectivity index (χ2v) is 6.14. The van der Waals surface area contributed by atoms with Crippen LogP contribution in [0.15, 0.2) is 24.5 Å². The number of benzene rings is 1. The predicted molar refractivity (Wildman–Crippen MR) is 104 cm³/mol. The standard InChI is InChI=1S/C17H22ClN5O4/c1-12-4-5-13(18)10-14(12)21-16-15(23(24)25)17(20-11-19-16)22(6-8-26-2)7-9-27-3/h4-5,10-11H,6-9H2,1-3H3,(H,19,20,21). The van der Waals surface area contributed by atoms with Crippen molar-refractivity contribution in [1.29, 1.82) is 0 Å². The number of nitrogens with zero attached hydrogens (tertiary/aromatic N) is 4. The lowest BCUT2D eigenvalue weighted by atomic mass is 10.2. The number of aromatic nitrogens is 2. The molecular formula is C17H22ClN5O4. The van der Waals surface area contributed by atoms with Crippen molar-refractivity contribution in [3.63, 3.8) is 0 Å². The molecule has 2 rings (SSSR count). The number of aryl methyl sites for hydroxylation is 1. The summed E-state index contributed by atoms with van der Waals surface area (Å²) in [5, 5.41) is 15.3. The molecule has 0 saturated carbocycles. The lowest BCUT2D eigenvalue weighted by molar-refractivity contribution is -0.383. The van der Waals surface area contributed by atoms with Gasteiger partial charge < -0.3 is 19.7 Å². The Labute approximate surface area is 162 Å². The molecule has 0 amide bonds. The van der Waals surface area contributed by atoms with Gasteiger partial charge >= 0.3 is 5.69 Å². The highest BCUT2D eigenvalue weighted by molar-refractivity contribution is 6.30. The molecule has 0 unspecified atom stereocenters. The first kappa shape index (κ1) is 20.8. The fourth-order valence-electron chi connectivity index (χ4n) is 2.44. The summed E-state index contributed by atoms with van der Waals surface area (Å²) in [7, 11) is 3.13. The smallest absolute Gasteiger partial charge is 0.353 e. The molecule has 0 spiro atoms. The summed E-state index contributed by atoms with van der Waals surface area (Å²) in [4.78, 5) is 21.3. The van der Waals surface area contributed by atoms with E-state index in [0.29, 0.717) is 37.0 Å². The van der Waals surface area contributed by atoms with Crippen LogP contribution in [0, 0.1) is 17.0 Å². The van der Waals surface area contributed by atoms with Crippen molar-refractivity contribution >= 4 is 34.6 Å². The van der Waals surface area contributed by atoms with Gasteiger partial charge in [-0.3, -0.25) is 10.1 Å². The van der Waals surface area contributed by atoms with Gasteiger partial charge in [0.25, 0.3) is 0 Å². The third-order valence-corrected chi connectivity index (χ3v) is 4.10. The molecule has 1 aromatic heterocycles. The molecule has 1 aromatic carbocycles. The zero-order chi connectivity index (χ0) is 19.8. The molecule has 0 saturated heterocycles. The topological polar surface area (TPSA) is 103 Å².